The van der Waals surface area contributed by atoms with Crippen molar-refractivity contribution < 1.29 is 4.79 Å². The van der Waals surface area contributed by atoms with Crippen LogP contribution in [0.5, 0.6) is 0 Å². The largest absolute Gasteiger partial charge is 0.342 e. The Kier molecular flexibility index (Phi) is 5.07. The lowest BCUT2D eigenvalue weighted by Gasteiger charge is -2.13. The van der Waals surface area contributed by atoms with Crippen molar-refractivity contribution in [3.05, 3.63) is 60.7 Å². The number of aromatic nitrogens is 2. The average Bonchev–Trinajstić information content (AvgIpc) is 3.30. The topological polar surface area (TPSA) is 49.0 Å². The van der Waals surface area contributed by atoms with Crippen LogP contribution in [0.1, 0.15) is 12.8 Å². The Bertz CT molecular complexity index is 820. The summed E-state index contributed by atoms with van der Waals surface area (Å²) in [6, 6.07) is 20.5. The molecule has 0 atom stereocenters. The standard InChI is InChI=1S/C21H21N3OS/c25-18-12-7-13-24(18)14-15-26-21-22-19(16-8-3-1-4-9-16)20(23-21)17-10-5-2-6-11-17/h1-6,8-11H,7,12-15H2,(H,22,23). The normalized spacial score (nSPS) is 14.2. The number of nitrogens with one attached hydrogen (secondary N) is 1. The summed E-state index contributed by atoms with van der Waals surface area (Å²) < 4.78 is 0. The van der Waals surface area contributed by atoms with Gasteiger partial charge in [-0.05, 0) is 6.42 Å². The van der Waals surface area contributed by atoms with Gasteiger partial charge in [-0.2, -0.15) is 0 Å². The van der Waals surface area contributed by atoms with Crippen LogP contribution in [-0.4, -0.2) is 39.6 Å². The van der Waals surface area contributed by atoms with Crippen molar-refractivity contribution in [2.24, 2.45) is 0 Å². The summed E-state index contributed by atoms with van der Waals surface area (Å²) in [5, 5.41) is 0.898. The van der Waals surface area contributed by atoms with Crippen molar-refractivity contribution in [2.75, 3.05) is 18.8 Å². The molecule has 0 bridgehead atoms. The number of carbonyl (C=O) groups excluding carboxylic acids is 1. The minimum absolute atomic E-state index is 0.278. The average molecular weight is 363 g/mol. The van der Waals surface area contributed by atoms with E-state index in [-0.39, 0.29) is 5.91 Å². The SMILES string of the molecule is O=C1CCCN1CCSc1nc(-c2ccccc2)c(-c2ccccc2)[nH]1. The molecule has 2 heterocycles. The molecule has 3 aromatic rings. The van der Waals surface area contributed by atoms with Gasteiger partial charge in [0.05, 0.1) is 11.4 Å². The Hall–Kier alpha value is -2.53. The van der Waals surface area contributed by atoms with Crippen molar-refractivity contribution in [3.63, 3.8) is 0 Å². The first kappa shape index (κ1) is 16.9. The molecule has 0 aliphatic carbocycles. The van der Waals surface area contributed by atoms with Crippen LogP contribution >= 0.6 is 11.8 Å². The number of hydrogen-bond acceptors (Lipinski definition) is 3. The van der Waals surface area contributed by atoms with E-state index in [1.807, 2.05) is 41.3 Å². The number of imidazole rings is 1. The maximum absolute atomic E-state index is 11.7. The van der Waals surface area contributed by atoms with Crippen LogP contribution < -0.4 is 0 Å². The third-order valence-corrected chi connectivity index (χ3v) is 5.42. The molecule has 2 aromatic carbocycles. The summed E-state index contributed by atoms with van der Waals surface area (Å²) in [6.45, 7) is 1.67. The Morgan fingerprint density at radius 3 is 2.35 bits per heavy atom. The smallest absolute Gasteiger partial charge is 0.222 e. The molecule has 1 N–H and O–H groups in total. The second-order valence-electron chi connectivity index (χ2n) is 6.33. The van der Waals surface area contributed by atoms with Crippen molar-refractivity contribution in [1.29, 1.82) is 0 Å². The van der Waals surface area contributed by atoms with Gasteiger partial charge in [-0.15, -0.1) is 0 Å². The maximum atomic E-state index is 11.7. The Morgan fingerprint density at radius 1 is 1.00 bits per heavy atom. The van der Waals surface area contributed by atoms with E-state index in [2.05, 4.69) is 29.2 Å². The van der Waals surface area contributed by atoms with Gasteiger partial charge in [-0.3, -0.25) is 4.79 Å². The number of nitrogens with zero attached hydrogens (tertiary/aromatic N) is 2. The molecule has 5 heteroatoms. The van der Waals surface area contributed by atoms with Gasteiger partial charge >= 0.3 is 0 Å². The number of carbonyl (C=O) groups is 1. The number of amides is 1. The lowest BCUT2D eigenvalue weighted by Crippen LogP contribution is -2.26. The second kappa shape index (κ2) is 7.79. The zero-order valence-electron chi connectivity index (χ0n) is 14.5. The fraction of sp³-hybridized carbons (Fsp3) is 0.238. The lowest BCUT2D eigenvalue weighted by atomic mass is 10.1. The van der Waals surface area contributed by atoms with E-state index in [4.69, 9.17) is 4.98 Å². The van der Waals surface area contributed by atoms with Gasteiger partial charge in [0.25, 0.3) is 0 Å². The molecule has 1 aromatic heterocycles. The molecule has 4 nitrogen and oxygen atoms in total. The number of benzene rings is 2. The van der Waals surface area contributed by atoms with Gasteiger partial charge in [0.15, 0.2) is 5.16 Å². The molecular formula is C21H21N3OS. The van der Waals surface area contributed by atoms with E-state index in [1.54, 1.807) is 11.8 Å². The van der Waals surface area contributed by atoms with Gasteiger partial charge in [0, 0.05) is 36.4 Å². The Morgan fingerprint density at radius 2 is 1.69 bits per heavy atom. The minimum Gasteiger partial charge on any atom is -0.342 e. The van der Waals surface area contributed by atoms with Gasteiger partial charge < -0.3 is 9.88 Å². The van der Waals surface area contributed by atoms with Crippen LogP contribution in [0.15, 0.2) is 65.8 Å². The quantitative estimate of drug-likeness (QED) is 0.658. The van der Waals surface area contributed by atoms with Gasteiger partial charge in [-0.1, -0.05) is 72.4 Å². The van der Waals surface area contributed by atoms with E-state index in [0.29, 0.717) is 6.42 Å². The fourth-order valence-corrected chi connectivity index (χ4v) is 4.07. The highest BCUT2D eigenvalue weighted by Crippen LogP contribution is 2.32. The van der Waals surface area contributed by atoms with E-state index < -0.39 is 0 Å². The predicted octanol–water partition coefficient (Wildman–Crippen LogP) is 4.46. The van der Waals surface area contributed by atoms with Gasteiger partial charge in [0.1, 0.15) is 0 Å². The fourth-order valence-electron chi connectivity index (χ4n) is 3.23. The summed E-state index contributed by atoms with van der Waals surface area (Å²) in [6.07, 6.45) is 1.68. The molecule has 26 heavy (non-hydrogen) atoms. The highest BCUT2D eigenvalue weighted by atomic mass is 32.2. The van der Waals surface area contributed by atoms with Gasteiger partial charge in [-0.25, -0.2) is 4.98 Å². The summed E-state index contributed by atoms with van der Waals surface area (Å²) in [4.78, 5) is 22.0. The van der Waals surface area contributed by atoms with Gasteiger partial charge in [0.2, 0.25) is 5.91 Å². The molecule has 0 radical (unpaired) electrons. The molecule has 1 saturated heterocycles. The van der Waals surface area contributed by atoms with Crippen molar-refractivity contribution in [3.8, 4) is 22.5 Å². The first-order chi connectivity index (χ1) is 12.8. The van der Waals surface area contributed by atoms with Crippen molar-refractivity contribution in [2.45, 2.75) is 18.0 Å². The highest BCUT2D eigenvalue weighted by Gasteiger charge is 2.20. The van der Waals surface area contributed by atoms with Crippen molar-refractivity contribution >= 4 is 17.7 Å². The van der Waals surface area contributed by atoms with Crippen LogP contribution in [0.4, 0.5) is 0 Å². The van der Waals surface area contributed by atoms with E-state index in [9.17, 15) is 4.79 Å². The third-order valence-electron chi connectivity index (χ3n) is 4.56. The summed E-state index contributed by atoms with van der Waals surface area (Å²) in [5.74, 6) is 1.13. The lowest BCUT2D eigenvalue weighted by molar-refractivity contribution is -0.127. The number of thioether (sulfide) groups is 1. The number of aromatic amines is 1. The van der Waals surface area contributed by atoms with Crippen molar-refractivity contribution in [1.82, 2.24) is 14.9 Å². The summed E-state index contributed by atoms with van der Waals surface area (Å²) in [7, 11) is 0. The summed E-state index contributed by atoms with van der Waals surface area (Å²) in [5.41, 5.74) is 4.23. The first-order valence-corrected chi connectivity index (χ1v) is 9.91. The monoisotopic (exact) mass is 363 g/mol. The molecule has 132 valence electrons. The van der Waals surface area contributed by atoms with Crippen LogP contribution in [0.2, 0.25) is 0 Å². The molecule has 1 fully saturated rings. The summed E-state index contributed by atoms with van der Waals surface area (Å²) >= 11 is 1.67. The van der Waals surface area contributed by atoms with Crippen LogP contribution in [-0.2, 0) is 4.79 Å². The number of likely N-dealkylation sites (tertiary alicyclic amines) is 1. The van der Waals surface area contributed by atoms with E-state index >= 15 is 0 Å². The second-order valence-corrected chi connectivity index (χ2v) is 7.41. The Balaban J connectivity index is 1.56. The first-order valence-electron chi connectivity index (χ1n) is 8.93. The molecular weight excluding hydrogens is 342 g/mol. The molecule has 1 amide bonds. The van der Waals surface area contributed by atoms with Crippen LogP contribution in [0, 0.1) is 0 Å². The van der Waals surface area contributed by atoms with Crippen LogP contribution in [0.3, 0.4) is 0 Å². The maximum Gasteiger partial charge on any atom is 0.222 e. The molecule has 0 spiro atoms. The molecule has 1 aliphatic rings. The Labute approximate surface area is 157 Å². The molecule has 0 unspecified atom stereocenters. The van der Waals surface area contributed by atoms with Crippen LogP contribution in [0.25, 0.3) is 22.5 Å². The molecule has 0 saturated carbocycles. The highest BCUT2D eigenvalue weighted by molar-refractivity contribution is 7.99. The van der Waals surface area contributed by atoms with E-state index in [0.717, 1.165) is 52.9 Å². The number of H-pyrrole nitrogens is 1. The number of rotatable bonds is 6. The molecule has 1 aliphatic heterocycles. The third kappa shape index (κ3) is 3.68. The zero-order chi connectivity index (χ0) is 17.8. The number of hydrogen-bond donors (Lipinski definition) is 1. The molecule has 4 rings (SSSR count). The minimum atomic E-state index is 0.278. The zero-order valence-corrected chi connectivity index (χ0v) is 15.3. The predicted molar refractivity (Wildman–Crippen MR) is 106 cm³/mol. The van der Waals surface area contributed by atoms with E-state index in [1.165, 1.54) is 0 Å².